The van der Waals surface area contributed by atoms with Crippen molar-refractivity contribution in [2.24, 2.45) is 0 Å². The van der Waals surface area contributed by atoms with Crippen molar-refractivity contribution >= 4 is 11.8 Å². The molecule has 1 saturated carbocycles. The molecule has 1 aromatic heterocycles. The Bertz CT molecular complexity index is 568. The van der Waals surface area contributed by atoms with Crippen LogP contribution in [0.4, 0.5) is 11.8 Å². The maximum atomic E-state index is 5.13. The van der Waals surface area contributed by atoms with E-state index in [-0.39, 0.29) is 0 Å². The van der Waals surface area contributed by atoms with Crippen LogP contribution in [0.2, 0.25) is 0 Å². The van der Waals surface area contributed by atoms with E-state index in [0.717, 1.165) is 17.1 Å². The van der Waals surface area contributed by atoms with E-state index in [2.05, 4.69) is 25.8 Å². The molecule has 0 aliphatic heterocycles. The lowest BCUT2D eigenvalue weighted by Gasteiger charge is -2.07. The van der Waals surface area contributed by atoms with E-state index < -0.39 is 0 Å². The summed E-state index contributed by atoms with van der Waals surface area (Å²) < 4.78 is 5.13. The lowest BCUT2D eigenvalue weighted by atomic mass is 10.2. The molecular formula is C14H17N5O. The molecular weight excluding hydrogens is 254 g/mol. The van der Waals surface area contributed by atoms with E-state index in [4.69, 9.17) is 4.74 Å². The van der Waals surface area contributed by atoms with Crippen LogP contribution in [0, 0.1) is 0 Å². The Morgan fingerprint density at radius 3 is 2.75 bits per heavy atom. The minimum absolute atomic E-state index is 0.522. The summed E-state index contributed by atoms with van der Waals surface area (Å²) in [6, 6.07) is 8.44. The number of benzene rings is 1. The van der Waals surface area contributed by atoms with Crippen molar-refractivity contribution in [2.45, 2.75) is 25.4 Å². The second kappa shape index (κ2) is 5.73. The predicted molar refractivity (Wildman–Crippen MR) is 76.8 cm³/mol. The molecule has 0 radical (unpaired) electrons. The fraction of sp³-hybridized carbons (Fsp3) is 0.357. The molecule has 0 spiro atoms. The zero-order chi connectivity index (χ0) is 13.8. The summed E-state index contributed by atoms with van der Waals surface area (Å²) in [7, 11) is 1.66. The monoisotopic (exact) mass is 271 g/mol. The normalized spacial score (nSPS) is 13.8. The fourth-order valence-corrected chi connectivity index (χ4v) is 1.80. The average Bonchev–Trinajstić information content (AvgIpc) is 3.30. The second-order valence-corrected chi connectivity index (χ2v) is 4.79. The number of ether oxygens (including phenoxy) is 1. The smallest absolute Gasteiger partial charge is 0.244 e. The Hall–Kier alpha value is -2.37. The molecule has 20 heavy (non-hydrogen) atoms. The van der Waals surface area contributed by atoms with Gasteiger partial charge in [0.25, 0.3) is 0 Å². The summed E-state index contributed by atoms with van der Waals surface area (Å²) in [6.45, 7) is 0.686. The summed E-state index contributed by atoms with van der Waals surface area (Å²) >= 11 is 0. The van der Waals surface area contributed by atoms with E-state index >= 15 is 0 Å². The predicted octanol–water partition coefficient (Wildman–Crippen LogP) is 2.07. The minimum Gasteiger partial charge on any atom is -0.497 e. The Balaban J connectivity index is 1.58. The number of nitrogens with one attached hydrogen (secondary N) is 2. The van der Waals surface area contributed by atoms with Gasteiger partial charge in [-0.15, -0.1) is 5.10 Å². The molecule has 1 aliphatic rings. The van der Waals surface area contributed by atoms with Crippen molar-refractivity contribution in [1.82, 2.24) is 15.2 Å². The second-order valence-electron chi connectivity index (χ2n) is 4.79. The van der Waals surface area contributed by atoms with Crippen LogP contribution in [0.5, 0.6) is 5.75 Å². The summed E-state index contributed by atoms with van der Waals surface area (Å²) in [6.07, 6.45) is 4.00. The molecule has 2 aromatic rings. The van der Waals surface area contributed by atoms with Gasteiger partial charge >= 0.3 is 0 Å². The third-order valence-corrected chi connectivity index (χ3v) is 3.10. The molecule has 2 N–H and O–H groups in total. The van der Waals surface area contributed by atoms with Crippen LogP contribution in [-0.4, -0.2) is 28.3 Å². The van der Waals surface area contributed by atoms with Crippen LogP contribution >= 0.6 is 0 Å². The highest BCUT2D eigenvalue weighted by Gasteiger charge is 2.22. The number of hydrogen-bond donors (Lipinski definition) is 2. The largest absolute Gasteiger partial charge is 0.497 e. The van der Waals surface area contributed by atoms with Crippen molar-refractivity contribution in [2.75, 3.05) is 17.7 Å². The molecule has 6 heteroatoms. The van der Waals surface area contributed by atoms with Gasteiger partial charge in [0, 0.05) is 12.6 Å². The lowest BCUT2D eigenvalue weighted by molar-refractivity contribution is 0.414. The molecule has 0 unspecified atom stereocenters. The van der Waals surface area contributed by atoms with E-state index in [0.29, 0.717) is 18.5 Å². The first-order valence-corrected chi connectivity index (χ1v) is 6.66. The Morgan fingerprint density at radius 1 is 1.25 bits per heavy atom. The van der Waals surface area contributed by atoms with Gasteiger partial charge < -0.3 is 15.4 Å². The first-order valence-electron chi connectivity index (χ1n) is 6.66. The van der Waals surface area contributed by atoms with E-state index in [1.807, 2.05) is 24.3 Å². The standard InChI is InChI=1S/C14H17N5O/c1-20-12-6-2-10(3-7-12)8-15-13-9-16-19-14(18-13)17-11-4-5-11/h2-3,6-7,9,11H,4-5,8H2,1H3,(H2,15,17,18,19). The number of nitrogens with zero attached hydrogens (tertiary/aromatic N) is 3. The third kappa shape index (κ3) is 3.34. The quantitative estimate of drug-likeness (QED) is 0.838. The molecule has 104 valence electrons. The fourth-order valence-electron chi connectivity index (χ4n) is 1.80. The first-order chi connectivity index (χ1) is 9.83. The van der Waals surface area contributed by atoms with Gasteiger partial charge in [-0.05, 0) is 30.5 Å². The maximum absolute atomic E-state index is 5.13. The summed E-state index contributed by atoms with van der Waals surface area (Å²) in [5.41, 5.74) is 1.15. The molecule has 0 bridgehead atoms. The summed E-state index contributed by atoms with van der Waals surface area (Å²) in [5.74, 6) is 2.17. The molecule has 0 saturated heterocycles. The van der Waals surface area contributed by atoms with Gasteiger partial charge in [-0.2, -0.15) is 10.1 Å². The highest BCUT2D eigenvalue weighted by molar-refractivity contribution is 5.39. The van der Waals surface area contributed by atoms with Crippen LogP contribution < -0.4 is 15.4 Å². The Kier molecular flexibility index (Phi) is 3.62. The number of hydrogen-bond acceptors (Lipinski definition) is 6. The SMILES string of the molecule is COc1ccc(CNc2cnnc(NC3CC3)n2)cc1. The van der Waals surface area contributed by atoms with Crippen molar-refractivity contribution in [3.63, 3.8) is 0 Å². The molecule has 0 atom stereocenters. The average molecular weight is 271 g/mol. The first kappa shape index (κ1) is 12.7. The van der Waals surface area contributed by atoms with Crippen LogP contribution in [0.25, 0.3) is 0 Å². The minimum atomic E-state index is 0.522. The molecule has 1 heterocycles. The van der Waals surface area contributed by atoms with Crippen molar-refractivity contribution in [3.8, 4) is 5.75 Å². The van der Waals surface area contributed by atoms with Gasteiger partial charge in [-0.1, -0.05) is 12.1 Å². The third-order valence-electron chi connectivity index (χ3n) is 3.10. The van der Waals surface area contributed by atoms with Gasteiger partial charge in [0.15, 0.2) is 5.82 Å². The van der Waals surface area contributed by atoms with Crippen LogP contribution in [-0.2, 0) is 6.54 Å². The Labute approximate surface area is 117 Å². The van der Waals surface area contributed by atoms with E-state index in [1.165, 1.54) is 12.8 Å². The number of rotatable bonds is 6. The highest BCUT2D eigenvalue weighted by atomic mass is 16.5. The van der Waals surface area contributed by atoms with Crippen molar-refractivity contribution in [1.29, 1.82) is 0 Å². The lowest BCUT2D eigenvalue weighted by Crippen LogP contribution is -2.09. The summed E-state index contributed by atoms with van der Waals surface area (Å²) in [5, 5.41) is 14.4. The molecule has 1 aliphatic carbocycles. The zero-order valence-corrected chi connectivity index (χ0v) is 11.3. The van der Waals surface area contributed by atoms with Crippen molar-refractivity contribution in [3.05, 3.63) is 36.0 Å². The van der Waals surface area contributed by atoms with Gasteiger partial charge in [-0.3, -0.25) is 0 Å². The zero-order valence-electron chi connectivity index (χ0n) is 11.3. The van der Waals surface area contributed by atoms with E-state index in [9.17, 15) is 0 Å². The molecule has 0 amide bonds. The Morgan fingerprint density at radius 2 is 2.05 bits per heavy atom. The van der Waals surface area contributed by atoms with Gasteiger partial charge in [0.1, 0.15) is 5.75 Å². The maximum Gasteiger partial charge on any atom is 0.244 e. The highest BCUT2D eigenvalue weighted by Crippen LogP contribution is 2.22. The van der Waals surface area contributed by atoms with Crippen LogP contribution in [0.15, 0.2) is 30.5 Å². The molecule has 3 rings (SSSR count). The van der Waals surface area contributed by atoms with Crippen LogP contribution in [0.1, 0.15) is 18.4 Å². The number of anilines is 2. The van der Waals surface area contributed by atoms with Gasteiger partial charge in [0.2, 0.25) is 5.95 Å². The van der Waals surface area contributed by atoms with Gasteiger partial charge in [0.05, 0.1) is 13.3 Å². The topological polar surface area (TPSA) is 72.0 Å². The van der Waals surface area contributed by atoms with Crippen molar-refractivity contribution < 1.29 is 4.74 Å². The molecule has 1 aromatic carbocycles. The number of methoxy groups -OCH3 is 1. The number of aromatic nitrogens is 3. The van der Waals surface area contributed by atoms with Crippen LogP contribution in [0.3, 0.4) is 0 Å². The summed E-state index contributed by atoms with van der Waals surface area (Å²) in [4.78, 5) is 4.38. The van der Waals surface area contributed by atoms with E-state index in [1.54, 1.807) is 13.3 Å². The molecule has 6 nitrogen and oxygen atoms in total. The van der Waals surface area contributed by atoms with Gasteiger partial charge in [-0.25, -0.2) is 0 Å². The molecule has 1 fully saturated rings.